The van der Waals surface area contributed by atoms with Gasteiger partial charge in [0.2, 0.25) is 10.0 Å². The molecule has 0 spiro atoms. The topological polar surface area (TPSA) is 95.1 Å². The van der Waals surface area contributed by atoms with Gasteiger partial charge in [-0.15, -0.1) is 0 Å². The fourth-order valence-corrected chi connectivity index (χ4v) is 6.40. The van der Waals surface area contributed by atoms with Crippen molar-refractivity contribution in [2.75, 3.05) is 24.2 Å². The van der Waals surface area contributed by atoms with E-state index in [4.69, 9.17) is 9.97 Å². The van der Waals surface area contributed by atoms with Gasteiger partial charge >= 0.3 is 0 Å². The highest BCUT2D eigenvalue weighted by molar-refractivity contribution is 7.88. The Kier molecular flexibility index (Phi) is 4.95. The molecular weight excluding hydrogens is 436 g/mol. The highest BCUT2D eigenvalue weighted by atomic mass is 32.2. The second-order valence-electron chi connectivity index (χ2n) is 9.88. The number of hydrogen-bond acceptors (Lipinski definition) is 6. The van der Waals surface area contributed by atoms with Crippen molar-refractivity contribution in [3.63, 3.8) is 0 Å². The van der Waals surface area contributed by atoms with E-state index in [1.54, 1.807) is 10.6 Å². The number of fused-ring (bicyclic) bond motifs is 2. The van der Waals surface area contributed by atoms with Crippen LogP contribution in [0, 0.1) is 0 Å². The van der Waals surface area contributed by atoms with E-state index in [1.807, 2.05) is 6.20 Å². The van der Waals surface area contributed by atoms with Crippen molar-refractivity contribution in [3.05, 3.63) is 47.3 Å². The monoisotopic (exact) mass is 466 g/mol. The van der Waals surface area contributed by atoms with Crippen LogP contribution in [0.1, 0.15) is 67.1 Å². The highest BCUT2D eigenvalue weighted by Gasteiger charge is 2.34. The predicted molar refractivity (Wildman–Crippen MR) is 128 cm³/mol. The van der Waals surface area contributed by atoms with Gasteiger partial charge in [-0.1, -0.05) is 0 Å². The number of aromatic nitrogens is 4. The van der Waals surface area contributed by atoms with Crippen LogP contribution in [0.25, 0.3) is 11.0 Å². The lowest BCUT2D eigenvalue weighted by Gasteiger charge is -2.38. The summed E-state index contributed by atoms with van der Waals surface area (Å²) in [6.07, 6.45) is 9.89. The molecule has 1 atom stereocenters. The summed E-state index contributed by atoms with van der Waals surface area (Å²) in [7, 11) is -3.14. The summed E-state index contributed by atoms with van der Waals surface area (Å²) >= 11 is 0. The van der Waals surface area contributed by atoms with Gasteiger partial charge in [0.1, 0.15) is 12.0 Å². The Balaban J connectivity index is 1.34. The number of sulfonamides is 1. The van der Waals surface area contributed by atoms with Crippen molar-refractivity contribution in [3.8, 4) is 0 Å². The van der Waals surface area contributed by atoms with E-state index in [2.05, 4.69) is 33.9 Å². The Morgan fingerprint density at radius 3 is 2.61 bits per heavy atom. The number of anilines is 1. The molecule has 0 aromatic carbocycles. The predicted octanol–water partition coefficient (Wildman–Crippen LogP) is 3.32. The van der Waals surface area contributed by atoms with Crippen LogP contribution in [0.4, 0.5) is 5.69 Å². The van der Waals surface area contributed by atoms with Gasteiger partial charge in [0.15, 0.2) is 0 Å². The minimum Gasteiger partial charge on any atom is -0.363 e. The van der Waals surface area contributed by atoms with Crippen LogP contribution in [-0.2, 0) is 23.0 Å². The molecule has 1 aliphatic carbocycles. The molecule has 5 heterocycles. The molecule has 2 fully saturated rings. The summed E-state index contributed by atoms with van der Waals surface area (Å²) in [4.78, 5) is 20.1. The molecule has 3 aliphatic rings. The molecule has 33 heavy (non-hydrogen) atoms. The second kappa shape index (κ2) is 7.77. The van der Waals surface area contributed by atoms with Crippen molar-refractivity contribution < 1.29 is 8.42 Å². The van der Waals surface area contributed by atoms with Crippen molar-refractivity contribution in [2.24, 2.45) is 0 Å². The maximum atomic E-state index is 11.9. The van der Waals surface area contributed by atoms with Crippen LogP contribution < -0.4 is 4.90 Å². The minimum absolute atomic E-state index is 0.266. The zero-order valence-electron chi connectivity index (χ0n) is 19.2. The number of hydrogen-bond donors (Lipinski definition) is 1. The zero-order chi connectivity index (χ0) is 22.7. The molecule has 0 bridgehead atoms. The SMILES string of the molecule is C[C@@H]1Cc2ncnc(C3CCN(S(C)(=O)=O)CC3)c2CN1c1cc(C2CC2)nc2[nH]ccc12. The van der Waals surface area contributed by atoms with Gasteiger partial charge in [-0.2, -0.15) is 0 Å². The van der Waals surface area contributed by atoms with Crippen LogP contribution in [0.2, 0.25) is 0 Å². The lowest BCUT2D eigenvalue weighted by atomic mass is 9.87. The van der Waals surface area contributed by atoms with Crippen LogP contribution in [0.5, 0.6) is 0 Å². The molecule has 6 rings (SSSR count). The molecule has 1 saturated heterocycles. The Morgan fingerprint density at radius 2 is 1.88 bits per heavy atom. The number of aromatic amines is 1. The van der Waals surface area contributed by atoms with Gasteiger partial charge in [0.05, 0.1) is 23.3 Å². The number of nitrogens with one attached hydrogen (secondary N) is 1. The summed E-state index contributed by atoms with van der Waals surface area (Å²) in [5.74, 6) is 0.851. The molecule has 3 aromatic rings. The number of nitrogens with zero attached hydrogens (tertiary/aromatic N) is 5. The first-order chi connectivity index (χ1) is 15.9. The summed E-state index contributed by atoms with van der Waals surface area (Å²) in [5, 5.41) is 1.16. The molecule has 3 aromatic heterocycles. The van der Waals surface area contributed by atoms with E-state index >= 15 is 0 Å². The molecule has 8 nitrogen and oxygen atoms in total. The third-order valence-electron chi connectivity index (χ3n) is 7.56. The Labute approximate surface area is 194 Å². The number of H-pyrrole nitrogens is 1. The smallest absolute Gasteiger partial charge is 0.211 e. The molecule has 0 unspecified atom stereocenters. The van der Waals surface area contributed by atoms with Gasteiger partial charge in [-0.3, -0.25) is 0 Å². The van der Waals surface area contributed by atoms with Gasteiger partial charge < -0.3 is 9.88 Å². The molecule has 0 radical (unpaired) electrons. The Bertz CT molecular complexity index is 1310. The van der Waals surface area contributed by atoms with E-state index in [9.17, 15) is 8.42 Å². The molecule has 1 saturated carbocycles. The van der Waals surface area contributed by atoms with Crippen molar-refractivity contribution in [2.45, 2.75) is 63.5 Å². The summed E-state index contributed by atoms with van der Waals surface area (Å²) in [5.41, 5.74) is 6.86. The summed E-state index contributed by atoms with van der Waals surface area (Å²) < 4.78 is 25.5. The third kappa shape index (κ3) is 3.81. The minimum atomic E-state index is -3.14. The molecular formula is C24H30N6O2S. The number of pyridine rings is 1. The van der Waals surface area contributed by atoms with Crippen molar-refractivity contribution in [1.82, 2.24) is 24.2 Å². The van der Waals surface area contributed by atoms with E-state index < -0.39 is 10.0 Å². The average Bonchev–Trinajstić information content (AvgIpc) is 3.54. The maximum Gasteiger partial charge on any atom is 0.211 e. The average molecular weight is 467 g/mol. The highest BCUT2D eigenvalue weighted by Crippen LogP contribution is 2.43. The Hall–Kier alpha value is -2.52. The van der Waals surface area contributed by atoms with Crippen molar-refractivity contribution >= 4 is 26.7 Å². The first kappa shape index (κ1) is 21.0. The fourth-order valence-electron chi connectivity index (χ4n) is 5.53. The third-order valence-corrected chi connectivity index (χ3v) is 8.86. The standard InChI is InChI=1S/C24H30N6O2S/c1-15-11-21-19(23(27-14-26-21)17-6-9-29(10-7-17)33(2,31)32)13-30(15)22-12-20(16-3-4-16)28-24-18(22)5-8-25-24/h5,8,12,14-17H,3-4,6-7,9-11,13H2,1-2H3,(H,25,28)/t15-/m1/s1. The first-order valence-corrected chi connectivity index (χ1v) is 13.8. The second-order valence-corrected chi connectivity index (χ2v) is 11.9. The van der Waals surface area contributed by atoms with Gasteiger partial charge in [-0.25, -0.2) is 27.7 Å². The maximum absolute atomic E-state index is 11.9. The molecule has 1 N–H and O–H groups in total. The normalized spacial score (nSPS) is 22.6. The van der Waals surface area contributed by atoms with E-state index in [1.165, 1.54) is 36.0 Å². The van der Waals surface area contributed by atoms with E-state index in [0.717, 1.165) is 48.2 Å². The van der Waals surface area contributed by atoms with Gasteiger partial charge in [0.25, 0.3) is 0 Å². The van der Waals surface area contributed by atoms with Gasteiger partial charge in [0, 0.05) is 66.8 Å². The van der Waals surface area contributed by atoms with Crippen LogP contribution in [-0.4, -0.2) is 58.0 Å². The van der Waals surface area contributed by atoms with Gasteiger partial charge in [-0.05, 0) is 44.7 Å². The largest absolute Gasteiger partial charge is 0.363 e. The molecule has 2 aliphatic heterocycles. The molecule has 0 amide bonds. The van der Waals surface area contributed by atoms with E-state index in [-0.39, 0.29) is 5.92 Å². The van der Waals surface area contributed by atoms with Crippen LogP contribution >= 0.6 is 0 Å². The fraction of sp³-hybridized carbons (Fsp3) is 0.542. The van der Waals surface area contributed by atoms with Crippen LogP contribution in [0.15, 0.2) is 24.7 Å². The van der Waals surface area contributed by atoms with Crippen molar-refractivity contribution in [1.29, 1.82) is 0 Å². The summed E-state index contributed by atoms with van der Waals surface area (Å²) in [6, 6.07) is 4.74. The molecule has 174 valence electrons. The quantitative estimate of drug-likeness (QED) is 0.634. The molecule has 9 heteroatoms. The Morgan fingerprint density at radius 1 is 1.09 bits per heavy atom. The van der Waals surface area contributed by atoms with Crippen LogP contribution in [0.3, 0.4) is 0 Å². The van der Waals surface area contributed by atoms with E-state index in [0.29, 0.717) is 25.0 Å². The lowest BCUT2D eigenvalue weighted by molar-refractivity contribution is 0.317. The lowest BCUT2D eigenvalue weighted by Crippen LogP contribution is -2.41. The number of piperidine rings is 1. The first-order valence-electron chi connectivity index (χ1n) is 11.9. The number of rotatable bonds is 4. The zero-order valence-corrected chi connectivity index (χ0v) is 20.0. The summed E-state index contributed by atoms with van der Waals surface area (Å²) in [6.45, 7) is 4.15.